The SMILES string of the molecule is Cn1ncc(Cl)c1C(=O)c1cccc(N)c1. The van der Waals surface area contributed by atoms with Gasteiger partial charge >= 0.3 is 0 Å². The lowest BCUT2D eigenvalue weighted by atomic mass is 10.1. The zero-order chi connectivity index (χ0) is 11.7. The van der Waals surface area contributed by atoms with Gasteiger partial charge in [-0.1, -0.05) is 23.7 Å². The second-order valence-electron chi connectivity index (χ2n) is 3.42. The summed E-state index contributed by atoms with van der Waals surface area (Å²) in [6.45, 7) is 0. The van der Waals surface area contributed by atoms with Crippen molar-refractivity contribution in [2.75, 3.05) is 5.73 Å². The standard InChI is InChI=1S/C11H10ClN3O/c1-15-10(9(12)6-14-15)11(16)7-3-2-4-8(13)5-7/h2-6H,13H2,1H3. The second kappa shape index (κ2) is 3.98. The number of aromatic nitrogens is 2. The first kappa shape index (κ1) is 10.7. The largest absolute Gasteiger partial charge is 0.399 e. The van der Waals surface area contributed by atoms with Crippen molar-refractivity contribution in [1.29, 1.82) is 0 Å². The lowest BCUT2D eigenvalue weighted by molar-refractivity contribution is 0.103. The number of nitrogen functional groups attached to an aromatic ring is 1. The molecular weight excluding hydrogens is 226 g/mol. The second-order valence-corrected chi connectivity index (χ2v) is 3.83. The molecule has 4 nitrogen and oxygen atoms in total. The van der Waals surface area contributed by atoms with E-state index in [2.05, 4.69) is 5.10 Å². The van der Waals surface area contributed by atoms with E-state index in [1.807, 2.05) is 0 Å². The van der Waals surface area contributed by atoms with Gasteiger partial charge in [-0.15, -0.1) is 0 Å². The Morgan fingerprint density at radius 3 is 2.81 bits per heavy atom. The number of aryl methyl sites for hydroxylation is 1. The zero-order valence-electron chi connectivity index (χ0n) is 8.64. The molecule has 2 rings (SSSR count). The molecule has 0 aliphatic carbocycles. The molecule has 0 atom stereocenters. The van der Waals surface area contributed by atoms with Gasteiger partial charge in [0.15, 0.2) is 0 Å². The van der Waals surface area contributed by atoms with Crippen LogP contribution in [-0.2, 0) is 7.05 Å². The summed E-state index contributed by atoms with van der Waals surface area (Å²) < 4.78 is 1.45. The van der Waals surface area contributed by atoms with Gasteiger partial charge in [0.25, 0.3) is 0 Å². The smallest absolute Gasteiger partial charge is 0.212 e. The topological polar surface area (TPSA) is 60.9 Å². The maximum absolute atomic E-state index is 12.1. The van der Waals surface area contributed by atoms with Crippen LogP contribution in [-0.4, -0.2) is 15.6 Å². The van der Waals surface area contributed by atoms with E-state index in [1.54, 1.807) is 31.3 Å². The number of nitrogens with two attached hydrogens (primary N) is 1. The van der Waals surface area contributed by atoms with Gasteiger partial charge in [0.2, 0.25) is 5.78 Å². The van der Waals surface area contributed by atoms with E-state index >= 15 is 0 Å². The Balaban J connectivity index is 2.47. The molecule has 1 heterocycles. The highest BCUT2D eigenvalue weighted by Gasteiger charge is 2.17. The van der Waals surface area contributed by atoms with Gasteiger partial charge in [0.05, 0.1) is 11.2 Å². The quantitative estimate of drug-likeness (QED) is 0.639. The number of hydrogen-bond donors (Lipinski definition) is 1. The molecule has 0 spiro atoms. The van der Waals surface area contributed by atoms with Crippen molar-refractivity contribution in [3.8, 4) is 0 Å². The summed E-state index contributed by atoms with van der Waals surface area (Å²) in [6, 6.07) is 6.77. The van der Waals surface area contributed by atoms with Gasteiger partial charge in [-0.25, -0.2) is 0 Å². The van der Waals surface area contributed by atoms with Crippen molar-refractivity contribution in [1.82, 2.24) is 9.78 Å². The first-order chi connectivity index (χ1) is 7.59. The van der Waals surface area contributed by atoms with Crippen LogP contribution in [0.4, 0.5) is 5.69 Å². The average Bonchev–Trinajstić information content (AvgIpc) is 2.58. The van der Waals surface area contributed by atoms with Gasteiger partial charge < -0.3 is 5.73 Å². The van der Waals surface area contributed by atoms with Gasteiger partial charge in [-0.2, -0.15) is 5.10 Å². The van der Waals surface area contributed by atoms with Crippen LogP contribution in [0.3, 0.4) is 0 Å². The molecule has 1 aromatic heterocycles. The number of anilines is 1. The third-order valence-electron chi connectivity index (χ3n) is 2.26. The Morgan fingerprint density at radius 2 is 2.25 bits per heavy atom. The summed E-state index contributed by atoms with van der Waals surface area (Å²) in [4.78, 5) is 12.1. The predicted octanol–water partition coefficient (Wildman–Crippen LogP) is 1.89. The highest BCUT2D eigenvalue weighted by Crippen LogP contribution is 2.19. The highest BCUT2D eigenvalue weighted by molar-refractivity contribution is 6.34. The molecule has 0 radical (unpaired) electrons. The number of ketones is 1. The lowest BCUT2D eigenvalue weighted by Gasteiger charge is -2.03. The van der Waals surface area contributed by atoms with Crippen molar-refractivity contribution < 1.29 is 4.79 Å². The Hall–Kier alpha value is -1.81. The Morgan fingerprint density at radius 1 is 1.50 bits per heavy atom. The minimum absolute atomic E-state index is 0.183. The summed E-state index contributed by atoms with van der Waals surface area (Å²) in [5.74, 6) is -0.183. The van der Waals surface area contributed by atoms with E-state index in [4.69, 9.17) is 17.3 Å². The number of benzene rings is 1. The number of nitrogens with zero attached hydrogens (tertiary/aromatic N) is 2. The summed E-state index contributed by atoms with van der Waals surface area (Å²) in [5, 5.41) is 4.26. The molecule has 16 heavy (non-hydrogen) atoms. The lowest BCUT2D eigenvalue weighted by Crippen LogP contribution is -2.09. The molecule has 0 saturated carbocycles. The van der Waals surface area contributed by atoms with Gasteiger partial charge in [-0.3, -0.25) is 9.48 Å². The van der Waals surface area contributed by atoms with Crippen molar-refractivity contribution in [2.24, 2.45) is 7.05 Å². The molecule has 5 heteroatoms. The van der Waals surface area contributed by atoms with Gasteiger partial charge in [-0.05, 0) is 12.1 Å². The molecule has 0 aliphatic rings. The summed E-state index contributed by atoms with van der Waals surface area (Å²) in [6.07, 6.45) is 1.45. The number of carbonyl (C=O) groups is 1. The van der Waals surface area contributed by atoms with Crippen LogP contribution in [0, 0.1) is 0 Å². The molecule has 0 aliphatic heterocycles. The fourth-order valence-corrected chi connectivity index (χ4v) is 1.73. The van der Waals surface area contributed by atoms with Crippen LogP contribution in [0.25, 0.3) is 0 Å². The molecule has 2 aromatic rings. The number of hydrogen-bond acceptors (Lipinski definition) is 3. The first-order valence-corrected chi connectivity index (χ1v) is 5.05. The molecule has 0 saturated heterocycles. The summed E-state index contributed by atoms with van der Waals surface area (Å²) in [5.41, 5.74) is 7.04. The van der Waals surface area contributed by atoms with E-state index in [-0.39, 0.29) is 5.78 Å². The van der Waals surface area contributed by atoms with E-state index in [9.17, 15) is 4.79 Å². The van der Waals surface area contributed by atoms with Crippen LogP contribution in [0.5, 0.6) is 0 Å². The van der Waals surface area contributed by atoms with Crippen LogP contribution >= 0.6 is 11.6 Å². The maximum atomic E-state index is 12.1. The van der Waals surface area contributed by atoms with Gasteiger partial charge in [0.1, 0.15) is 5.69 Å². The number of rotatable bonds is 2. The third kappa shape index (κ3) is 1.79. The van der Waals surface area contributed by atoms with Crippen LogP contribution in [0.2, 0.25) is 5.02 Å². The molecule has 2 N–H and O–H groups in total. The van der Waals surface area contributed by atoms with E-state index in [1.165, 1.54) is 10.9 Å². The maximum Gasteiger partial charge on any atom is 0.212 e. The minimum atomic E-state index is -0.183. The van der Waals surface area contributed by atoms with Crippen LogP contribution in [0.1, 0.15) is 16.1 Å². The highest BCUT2D eigenvalue weighted by atomic mass is 35.5. The van der Waals surface area contributed by atoms with Crippen molar-refractivity contribution in [3.63, 3.8) is 0 Å². The van der Waals surface area contributed by atoms with Crippen molar-refractivity contribution >= 4 is 23.1 Å². The molecule has 1 aromatic carbocycles. The van der Waals surface area contributed by atoms with E-state index in [0.717, 1.165) is 0 Å². The number of carbonyl (C=O) groups excluding carboxylic acids is 1. The zero-order valence-corrected chi connectivity index (χ0v) is 9.40. The molecule has 0 bridgehead atoms. The molecular formula is C11H10ClN3O. The van der Waals surface area contributed by atoms with Gasteiger partial charge in [0, 0.05) is 18.3 Å². The molecule has 0 amide bonds. The average molecular weight is 236 g/mol. The minimum Gasteiger partial charge on any atom is -0.399 e. The van der Waals surface area contributed by atoms with Crippen LogP contribution in [0.15, 0.2) is 30.5 Å². The third-order valence-corrected chi connectivity index (χ3v) is 2.53. The number of halogens is 1. The Kier molecular flexibility index (Phi) is 2.66. The molecule has 0 fully saturated rings. The normalized spacial score (nSPS) is 10.4. The monoisotopic (exact) mass is 235 g/mol. The fraction of sp³-hybridized carbons (Fsp3) is 0.0909. The first-order valence-electron chi connectivity index (χ1n) is 4.67. The van der Waals surface area contributed by atoms with Crippen LogP contribution < -0.4 is 5.73 Å². The predicted molar refractivity (Wildman–Crippen MR) is 62.5 cm³/mol. The fourth-order valence-electron chi connectivity index (χ4n) is 1.48. The van der Waals surface area contributed by atoms with E-state index < -0.39 is 0 Å². The molecule has 82 valence electrons. The Labute approximate surface area is 97.6 Å². The summed E-state index contributed by atoms with van der Waals surface area (Å²) >= 11 is 5.89. The van der Waals surface area contributed by atoms with Crippen molar-refractivity contribution in [2.45, 2.75) is 0 Å². The molecule has 0 unspecified atom stereocenters. The van der Waals surface area contributed by atoms with Crippen molar-refractivity contribution in [3.05, 3.63) is 46.7 Å². The van der Waals surface area contributed by atoms with E-state index in [0.29, 0.717) is 22.0 Å². The summed E-state index contributed by atoms with van der Waals surface area (Å²) in [7, 11) is 1.67. The Bertz CT molecular complexity index is 528.